The number of benzene rings is 2. The minimum Gasteiger partial charge on any atom is -0.354 e. The molecule has 1 amide bonds. The number of hydrogen-bond acceptors (Lipinski definition) is 6. The van der Waals surface area contributed by atoms with E-state index in [2.05, 4.69) is 20.8 Å². The van der Waals surface area contributed by atoms with Gasteiger partial charge in [0.2, 0.25) is 0 Å². The molecule has 2 aromatic carbocycles. The van der Waals surface area contributed by atoms with Crippen LogP contribution in [0.2, 0.25) is 5.02 Å². The van der Waals surface area contributed by atoms with Crippen molar-refractivity contribution in [1.29, 1.82) is 0 Å². The van der Waals surface area contributed by atoms with Crippen LogP contribution in [-0.4, -0.2) is 16.0 Å². The fourth-order valence-corrected chi connectivity index (χ4v) is 3.28. The van der Waals surface area contributed by atoms with E-state index in [0.29, 0.717) is 22.2 Å². The summed E-state index contributed by atoms with van der Waals surface area (Å²) in [6.45, 7) is 2.04. The molecule has 0 spiro atoms. The summed E-state index contributed by atoms with van der Waals surface area (Å²) in [5.41, 5.74) is 3.55. The fourth-order valence-electron chi connectivity index (χ4n) is 2.44. The summed E-state index contributed by atoms with van der Waals surface area (Å²) >= 11 is 7.29. The topological polar surface area (TPSA) is 80.0 Å². The first-order valence-electron chi connectivity index (χ1n) is 8.40. The molecule has 0 fully saturated rings. The van der Waals surface area contributed by atoms with E-state index in [1.165, 1.54) is 16.9 Å². The summed E-state index contributed by atoms with van der Waals surface area (Å²) in [5, 5.41) is 13.0. The summed E-state index contributed by atoms with van der Waals surface area (Å²) in [6, 6.07) is 16.4. The number of anilines is 3. The smallest absolute Gasteiger partial charge is 0.277 e. The number of amides is 1. The lowest BCUT2D eigenvalue weighted by molar-refractivity contribution is 0.101. The van der Waals surface area contributed by atoms with Crippen molar-refractivity contribution in [3.05, 3.63) is 76.3 Å². The quantitative estimate of drug-likeness (QED) is 0.437. The van der Waals surface area contributed by atoms with Crippen LogP contribution in [0.4, 0.5) is 16.5 Å². The average molecular weight is 411 g/mol. The molecule has 2 aromatic heterocycles. The van der Waals surface area contributed by atoms with Crippen molar-refractivity contribution >= 4 is 45.4 Å². The van der Waals surface area contributed by atoms with Gasteiger partial charge in [-0.05, 0) is 43.3 Å². The van der Waals surface area contributed by atoms with Crippen LogP contribution >= 0.6 is 22.9 Å². The number of carbonyl (C=O) groups is 1. The SMILES string of the molecule is Cc1ccc(Nc2nc(-c3cc(C(=O)Nc4ccc(Cl)cc4)no3)cs2)cc1. The number of carbonyl (C=O) groups excluding carboxylic acids is 1. The lowest BCUT2D eigenvalue weighted by Crippen LogP contribution is -2.11. The summed E-state index contributed by atoms with van der Waals surface area (Å²) in [5.74, 6) is 0.0556. The molecule has 28 heavy (non-hydrogen) atoms. The van der Waals surface area contributed by atoms with Gasteiger partial charge in [0.05, 0.1) is 0 Å². The van der Waals surface area contributed by atoms with Crippen molar-refractivity contribution in [1.82, 2.24) is 10.1 Å². The molecule has 0 radical (unpaired) electrons. The molecule has 0 aliphatic carbocycles. The predicted octanol–water partition coefficient (Wildman–Crippen LogP) is 5.76. The fraction of sp³-hybridized carbons (Fsp3) is 0.0500. The third kappa shape index (κ3) is 4.21. The second kappa shape index (κ2) is 7.84. The summed E-state index contributed by atoms with van der Waals surface area (Å²) in [4.78, 5) is 16.8. The number of aromatic nitrogens is 2. The van der Waals surface area contributed by atoms with Crippen LogP contribution in [0.25, 0.3) is 11.5 Å². The zero-order valence-corrected chi connectivity index (χ0v) is 16.3. The maximum atomic E-state index is 12.3. The standard InChI is InChI=1S/C20H15ClN4O2S/c1-12-2-6-15(7-3-12)23-20-24-17(11-28-20)18-10-16(25-27-18)19(26)22-14-8-4-13(21)5-9-14/h2-11H,1H3,(H,22,26)(H,23,24). The van der Waals surface area contributed by atoms with Crippen molar-refractivity contribution < 1.29 is 9.32 Å². The highest BCUT2D eigenvalue weighted by Gasteiger charge is 2.16. The van der Waals surface area contributed by atoms with Gasteiger partial charge in [0.1, 0.15) is 5.69 Å². The zero-order chi connectivity index (χ0) is 19.5. The highest BCUT2D eigenvalue weighted by atomic mass is 35.5. The number of nitrogens with one attached hydrogen (secondary N) is 2. The minimum atomic E-state index is -0.370. The van der Waals surface area contributed by atoms with Gasteiger partial charge < -0.3 is 15.2 Å². The molecular formula is C20H15ClN4O2S. The molecule has 0 aliphatic heterocycles. The van der Waals surface area contributed by atoms with Gasteiger partial charge in [0.15, 0.2) is 16.6 Å². The van der Waals surface area contributed by atoms with Crippen molar-refractivity contribution in [2.45, 2.75) is 6.92 Å². The van der Waals surface area contributed by atoms with E-state index in [9.17, 15) is 4.79 Å². The van der Waals surface area contributed by atoms with E-state index < -0.39 is 0 Å². The molecule has 2 N–H and O–H groups in total. The Morgan fingerprint density at radius 1 is 1.07 bits per heavy atom. The van der Waals surface area contributed by atoms with Gasteiger partial charge in [0, 0.05) is 27.8 Å². The Labute approximate surface area is 170 Å². The van der Waals surface area contributed by atoms with Gasteiger partial charge in [-0.2, -0.15) is 0 Å². The Balaban J connectivity index is 1.45. The maximum Gasteiger partial charge on any atom is 0.277 e. The van der Waals surface area contributed by atoms with E-state index in [4.69, 9.17) is 16.1 Å². The van der Waals surface area contributed by atoms with Crippen LogP contribution in [0.1, 0.15) is 16.1 Å². The molecule has 8 heteroatoms. The van der Waals surface area contributed by atoms with E-state index in [-0.39, 0.29) is 11.6 Å². The van der Waals surface area contributed by atoms with Crippen molar-refractivity contribution in [2.24, 2.45) is 0 Å². The molecule has 6 nitrogen and oxygen atoms in total. The molecular weight excluding hydrogens is 396 g/mol. The number of hydrogen-bond donors (Lipinski definition) is 2. The van der Waals surface area contributed by atoms with Gasteiger partial charge in [-0.15, -0.1) is 11.3 Å². The van der Waals surface area contributed by atoms with Crippen LogP contribution in [0.5, 0.6) is 0 Å². The summed E-state index contributed by atoms with van der Waals surface area (Å²) in [7, 11) is 0. The van der Waals surface area contributed by atoms with Crippen LogP contribution < -0.4 is 10.6 Å². The first-order chi connectivity index (χ1) is 13.6. The summed E-state index contributed by atoms with van der Waals surface area (Å²) in [6.07, 6.45) is 0. The Morgan fingerprint density at radius 3 is 2.54 bits per heavy atom. The average Bonchev–Trinajstić information content (AvgIpc) is 3.35. The maximum absolute atomic E-state index is 12.3. The van der Waals surface area contributed by atoms with E-state index in [0.717, 1.165) is 10.8 Å². The van der Waals surface area contributed by atoms with Gasteiger partial charge in [0.25, 0.3) is 5.91 Å². The second-order valence-corrected chi connectivity index (χ2v) is 7.36. The van der Waals surface area contributed by atoms with Gasteiger partial charge in [-0.25, -0.2) is 4.98 Å². The highest BCUT2D eigenvalue weighted by Crippen LogP contribution is 2.28. The van der Waals surface area contributed by atoms with Crippen LogP contribution in [0, 0.1) is 6.92 Å². The Morgan fingerprint density at radius 2 is 1.79 bits per heavy atom. The van der Waals surface area contributed by atoms with Gasteiger partial charge in [-0.3, -0.25) is 4.79 Å². The molecule has 0 atom stereocenters. The second-order valence-electron chi connectivity index (χ2n) is 6.07. The summed E-state index contributed by atoms with van der Waals surface area (Å²) < 4.78 is 5.29. The van der Waals surface area contributed by atoms with Crippen molar-refractivity contribution in [3.63, 3.8) is 0 Å². The largest absolute Gasteiger partial charge is 0.354 e. The minimum absolute atomic E-state index is 0.172. The monoisotopic (exact) mass is 410 g/mol. The number of thiazole rings is 1. The first-order valence-corrected chi connectivity index (χ1v) is 9.66. The molecule has 0 bridgehead atoms. The molecule has 0 saturated carbocycles. The Bertz CT molecular complexity index is 1100. The van der Waals surface area contributed by atoms with Crippen molar-refractivity contribution in [2.75, 3.05) is 10.6 Å². The third-order valence-electron chi connectivity index (χ3n) is 3.90. The molecule has 0 unspecified atom stereocenters. The van der Waals surface area contributed by atoms with Crippen molar-refractivity contribution in [3.8, 4) is 11.5 Å². The molecule has 4 aromatic rings. The van der Waals surface area contributed by atoms with E-state index in [1.807, 2.05) is 36.6 Å². The molecule has 0 saturated heterocycles. The van der Waals surface area contributed by atoms with Gasteiger partial charge in [-0.1, -0.05) is 34.5 Å². The number of nitrogens with zero attached hydrogens (tertiary/aromatic N) is 2. The molecule has 0 aliphatic rings. The zero-order valence-electron chi connectivity index (χ0n) is 14.8. The highest BCUT2D eigenvalue weighted by molar-refractivity contribution is 7.14. The third-order valence-corrected chi connectivity index (χ3v) is 4.91. The number of aryl methyl sites for hydroxylation is 1. The Hall–Kier alpha value is -3.16. The molecule has 4 rings (SSSR count). The van der Waals surface area contributed by atoms with Crippen LogP contribution in [0.3, 0.4) is 0 Å². The van der Waals surface area contributed by atoms with Crippen LogP contribution in [0.15, 0.2) is 64.5 Å². The lowest BCUT2D eigenvalue weighted by atomic mass is 10.2. The van der Waals surface area contributed by atoms with Gasteiger partial charge >= 0.3 is 0 Å². The van der Waals surface area contributed by atoms with Crippen LogP contribution in [-0.2, 0) is 0 Å². The lowest BCUT2D eigenvalue weighted by Gasteiger charge is -2.02. The normalized spacial score (nSPS) is 10.6. The predicted molar refractivity (Wildman–Crippen MR) is 111 cm³/mol. The first kappa shape index (κ1) is 18.2. The Kier molecular flexibility index (Phi) is 5.10. The molecule has 140 valence electrons. The van der Waals surface area contributed by atoms with E-state index >= 15 is 0 Å². The number of halogens is 1. The number of rotatable bonds is 5. The van der Waals surface area contributed by atoms with E-state index in [1.54, 1.807) is 30.3 Å². The molecule has 2 heterocycles.